The van der Waals surface area contributed by atoms with E-state index in [1.807, 2.05) is 11.0 Å². The van der Waals surface area contributed by atoms with Crippen molar-refractivity contribution in [1.29, 1.82) is 5.26 Å². The van der Waals surface area contributed by atoms with E-state index in [1.54, 1.807) is 12.2 Å². The lowest BCUT2D eigenvalue weighted by Crippen LogP contribution is -2.25. The van der Waals surface area contributed by atoms with Gasteiger partial charge in [-0.3, -0.25) is 0 Å². The minimum Gasteiger partial charge on any atom is -0.382 e. The lowest BCUT2D eigenvalue weighted by Gasteiger charge is -2.19. The smallest absolute Gasteiger partial charge is 0.227 e. The lowest BCUT2D eigenvalue weighted by molar-refractivity contribution is 0.890. The highest BCUT2D eigenvalue weighted by atomic mass is 15.2. The van der Waals surface area contributed by atoms with Crippen LogP contribution in [0.25, 0.3) is 0 Å². The SMILES string of the molecule is C=CCN(CC=C)c1ncc(C#N)c(N)n1. The van der Waals surface area contributed by atoms with Crippen LogP contribution in [-0.4, -0.2) is 23.1 Å². The number of anilines is 2. The number of nitrogens with two attached hydrogens (primary N) is 1. The summed E-state index contributed by atoms with van der Waals surface area (Å²) in [6, 6.07) is 1.92. The van der Waals surface area contributed by atoms with Crippen molar-refractivity contribution in [2.75, 3.05) is 23.7 Å². The lowest BCUT2D eigenvalue weighted by atomic mass is 10.3. The first-order valence-corrected chi connectivity index (χ1v) is 4.72. The minimum atomic E-state index is 0.186. The molecule has 1 aromatic rings. The molecule has 0 aliphatic rings. The van der Waals surface area contributed by atoms with Crippen LogP contribution in [0.3, 0.4) is 0 Å². The maximum absolute atomic E-state index is 8.70. The van der Waals surface area contributed by atoms with Gasteiger partial charge in [-0.05, 0) is 0 Å². The van der Waals surface area contributed by atoms with Crippen LogP contribution in [0, 0.1) is 11.3 Å². The van der Waals surface area contributed by atoms with Crippen LogP contribution in [-0.2, 0) is 0 Å². The average Bonchev–Trinajstić information content (AvgIpc) is 2.28. The van der Waals surface area contributed by atoms with Crippen LogP contribution < -0.4 is 10.6 Å². The third-order valence-electron chi connectivity index (χ3n) is 1.91. The number of hydrogen-bond donors (Lipinski definition) is 1. The zero-order valence-corrected chi connectivity index (χ0v) is 8.93. The molecular formula is C11H13N5. The largest absolute Gasteiger partial charge is 0.382 e. The molecule has 0 saturated carbocycles. The van der Waals surface area contributed by atoms with Crippen molar-refractivity contribution in [3.8, 4) is 6.07 Å². The van der Waals surface area contributed by atoms with Crippen molar-refractivity contribution in [1.82, 2.24) is 9.97 Å². The Bertz CT molecular complexity index is 422. The van der Waals surface area contributed by atoms with Gasteiger partial charge < -0.3 is 10.6 Å². The van der Waals surface area contributed by atoms with Gasteiger partial charge in [0.05, 0.1) is 6.20 Å². The van der Waals surface area contributed by atoms with Gasteiger partial charge in [0.2, 0.25) is 5.95 Å². The molecule has 0 spiro atoms. The molecule has 16 heavy (non-hydrogen) atoms. The van der Waals surface area contributed by atoms with E-state index in [-0.39, 0.29) is 11.4 Å². The summed E-state index contributed by atoms with van der Waals surface area (Å²) in [4.78, 5) is 9.97. The van der Waals surface area contributed by atoms with E-state index in [0.29, 0.717) is 19.0 Å². The minimum absolute atomic E-state index is 0.186. The Balaban J connectivity index is 3.01. The standard InChI is InChI=1S/C11H13N5/c1-3-5-16(6-4-2)11-14-8-9(7-12)10(13)15-11/h3-4,8H,1-2,5-6H2,(H2,13,14,15). The quantitative estimate of drug-likeness (QED) is 0.744. The number of aromatic nitrogens is 2. The summed E-state index contributed by atoms with van der Waals surface area (Å²) in [7, 11) is 0. The molecule has 0 aliphatic carbocycles. The summed E-state index contributed by atoms with van der Waals surface area (Å²) in [6.45, 7) is 8.49. The van der Waals surface area contributed by atoms with Gasteiger partial charge in [-0.1, -0.05) is 12.2 Å². The summed E-state index contributed by atoms with van der Waals surface area (Å²) in [5.41, 5.74) is 5.89. The van der Waals surface area contributed by atoms with Gasteiger partial charge in [0.25, 0.3) is 0 Å². The van der Waals surface area contributed by atoms with E-state index >= 15 is 0 Å². The number of hydrogen-bond acceptors (Lipinski definition) is 5. The van der Waals surface area contributed by atoms with Crippen molar-refractivity contribution in [3.05, 3.63) is 37.1 Å². The van der Waals surface area contributed by atoms with Gasteiger partial charge in [0.1, 0.15) is 17.5 Å². The van der Waals surface area contributed by atoms with E-state index in [9.17, 15) is 0 Å². The molecule has 0 amide bonds. The highest BCUT2D eigenvalue weighted by molar-refractivity contribution is 5.50. The van der Waals surface area contributed by atoms with Crippen LogP contribution in [0.2, 0.25) is 0 Å². The predicted molar refractivity (Wildman–Crippen MR) is 63.8 cm³/mol. The highest BCUT2D eigenvalue weighted by Crippen LogP contribution is 2.12. The Morgan fingerprint density at radius 1 is 1.44 bits per heavy atom. The van der Waals surface area contributed by atoms with Crippen molar-refractivity contribution in [2.24, 2.45) is 0 Å². The monoisotopic (exact) mass is 215 g/mol. The van der Waals surface area contributed by atoms with E-state index in [0.717, 1.165) is 0 Å². The summed E-state index contributed by atoms with van der Waals surface area (Å²) in [5.74, 6) is 0.655. The Morgan fingerprint density at radius 2 is 2.06 bits per heavy atom. The highest BCUT2D eigenvalue weighted by Gasteiger charge is 2.08. The van der Waals surface area contributed by atoms with Crippen LogP contribution in [0.4, 0.5) is 11.8 Å². The topological polar surface area (TPSA) is 78.8 Å². The fourth-order valence-electron chi connectivity index (χ4n) is 1.17. The van der Waals surface area contributed by atoms with Crippen LogP contribution >= 0.6 is 0 Å². The third kappa shape index (κ3) is 2.58. The predicted octanol–water partition coefficient (Wildman–Crippen LogP) is 1.11. The summed E-state index contributed by atoms with van der Waals surface area (Å²) < 4.78 is 0. The first kappa shape index (κ1) is 11.7. The Kier molecular flexibility index (Phi) is 4.04. The van der Waals surface area contributed by atoms with Crippen molar-refractivity contribution < 1.29 is 0 Å². The van der Waals surface area contributed by atoms with Gasteiger partial charge in [-0.25, -0.2) is 4.98 Å². The van der Waals surface area contributed by atoms with Gasteiger partial charge in [-0.15, -0.1) is 13.2 Å². The molecule has 1 heterocycles. The molecule has 0 aliphatic heterocycles. The molecule has 1 aromatic heterocycles. The van der Waals surface area contributed by atoms with E-state index < -0.39 is 0 Å². The molecule has 0 fully saturated rings. The van der Waals surface area contributed by atoms with E-state index in [1.165, 1.54) is 6.20 Å². The molecule has 0 saturated heterocycles. The molecule has 1 rings (SSSR count). The second-order valence-electron chi connectivity index (χ2n) is 3.06. The average molecular weight is 215 g/mol. The number of rotatable bonds is 5. The van der Waals surface area contributed by atoms with Crippen molar-refractivity contribution in [3.63, 3.8) is 0 Å². The normalized spacial score (nSPS) is 9.19. The summed E-state index contributed by atoms with van der Waals surface area (Å²) >= 11 is 0. The maximum Gasteiger partial charge on any atom is 0.227 e. The van der Waals surface area contributed by atoms with Crippen molar-refractivity contribution >= 4 is 11.8 Å². The van der Waals surface area contributed by atoms with Crippen LogP contribution in [0.1, 0.15) is 5.56 Å². The van der Waals surface area contributed by atoms with Crippen LogP contribution in [0.15, 0.2) is 31.5 Å². The fourth-order valence-corrected chi connectivity index (χ4v) is 1.17. The third-order valence-corrected chi connectivity index (χ3v) is 1.91. The first-order chi connectivity index (χ1) is 7.72. The molecule has 0 bridgehead atoms. The summed E-state index contributed by atoms with van der Waals surface area (Å²) in [6.07, 6.45) is 4.89. The van der Waals surface area contributed by atoms with E-state index in [2.05, 4.69) is 23.1 Å². The van der Waals surface area contributed by atoms with Crippen LogP contribution in [0.5, 0.6) is 0 Å². The van der Waals surface area contributed by atoms with Gasteiger partial charge in [0, 0.05) is 13.1 Å². The molecule has 82 valence electrons. The molecule has 0 aromatic carbocycles. The number of nitrogens with zero attached hydrogens (tertiary/aromatic N) is 4. The molecule has 5 nitrogen and oxygen atoms in total. The maximum atomic E-state index is 8.70. The Hall–Kier alpha value is -2.35. The molecule has 0 unspecified atom stereocenters. The number of nitriles is 1. The zero-order valence-electron chi connectivity index (χ0n) is 8.93. The second-order valence-corrected chi connectivity index (χ2v) is 3.06. The number of nitrogen functional groups attached to an aromatic ring is 1. The van der Waals surface area contributed by atoms with Crippen molar-refractivity contribution in [2.45, 2.75) is 0 Å². The van der Waals surface area contributed by atoms with E-state index in [4.69, 9.17) is 11.0 Å². The Labute approximate surface area is 94.5 Å². The molecule has 5 heteroatoms. The first-order valence-electron chi connectivity index (χ1n) is 4.72. The second kappa shape index (κ2) is 5.51. The fraction of sp³-hybridized carbons (Fsp3) is 0.182. The molecular weight excluding hydrogens is 202 g/mol. The summed E-state index contributed by atoms with van der Waals surface area (Å²) in [5, 5.41) is 8.70. The molecule has 2 N–H and O–H groups in total. The van der Waals surface area contributed by atoms with Gasteiger partial charge in [-0.2, -0.15) is 10.2 Å². The Morgan fingerprint density at radius 3 is 2.50 bits per heavy atom. The molecule has 0 radical (unpaired) electrons. The van der Waals surface area contributed by atoms with Gasteiger partial charge in [0.15, 0.2) is 0 Å². The zero-order chi connectivity index (χ0) is 12.0. The van der Waals surface area contributed by atoms with Gasteiger partial charge >= 0.3 is 0 Å². The molecule has 0 atom stereocenters.